The first kappa shape index (κ1) is 20.3. The molecule has 0 spiro atoms. The molecule has 0 bridgehead atoms. The third-order valence-electron chi connectivity index (χ3n) is 4.74. The molecule has 1 saturated carbocycles. The van der Waals surface area contributed by atoms with Crippen molar-refractivity contribution >= 4 is 17.8 Å². The Morgan fingerprint density at radius 2 is 2.08 bits per heavy atom. The Balaban J connectivity index is 1.83. The van der Waals surface area contributed by atoms with E-state index in [2.05, 4.69) is 4.99 Å². The number of hydrogen-bond donors (Lipinski definition) is 1. The number of hydrogen-bond acceptors (Lipinski definition) is 2. The number of nitrogens with one attached hydrogen (secondary N) is 1. The van der Waals surface area contributed by atoms with E-state index in [1.807, 2.05) is 6.07 Å². The molecule has 1 aromatic carbocycles. The Morgan fingerprint density at radius 3 is 2.73 bits per heavy atom. The smallest absolute Gasteiger partial charge is 0.283 e. The van der Waals surface area contributed by atoms with E-state index in [1.54, 1.807) is 24.3 Å². The minimum atomic E-state index is -3.19. The third kappa shape index (κ3) is 6.73. The number of alkyl halides is 3. The average molecular weight is 366 g/mol. The van der Waals surface area contributed by atoms with Crippen molar-refractivity contribution < 1.29 is 18.0 Å². The fourth-order valence-electron chi connectivity index (χ4n) is 3.35. The van der Waals surface area contributed by atoms with Crippen LogP contribution in [0.25, 0.3) is 0 Å². The number of rotatable bonds is 7. The number of Topliss-reactive ketones (excluding diaryl/α,β-unsaturated/α-hetero) is 1. The van der Waals surface area contributed by atoms with Crippen molar-refractivity contribution in [2.45, 2.75) is 63.5 Å². The SMILES string of the molecule is CC1(F)CCCC(CC(=O)C(=N)N=CC(F)(F)CCc2ccccc2)C1. The Kier molecular flexibility index (Phi) is 6.73. The first-order valence-corrected chi connectivity index (χ1v) is 8.94. The standard InChI is InChI=1S/C20H25F3N2O/c1-19(21)10-5-8-16(13-19)12-17(26)18(24)25-14-20(22,23)11-9-15-6-3-2-4-7-15/h2-4,6-7,14,16,24H,5,8-13H2,1H3. The van der Waals surface area contributed by atoms with Crippen LogP contribution in [0.4, 0.5) is 13.2 Å². The molecule has 1 aliphatic rings. The van der Waals surface area contributed by atoms with Gasteiger partial charge in [0.1, 0.15) is 5.67 Å². The zero-order valence-electron chi connectivity index (χ0n) is 15.0. The lowest BCUT2D eigenvalue weighted by atomic mass is 9.78. The zero-order valence-corrected chi connectivity index (χ0v) is 15.0. The molecule has 2 rings (SSSR count). The summed E-state index contributed by atoms with van der Waals surface area (Å²) < 4.78 is 41.8. The van der Waals surface area contributed by atoms with Gasteiger partial charge in [-0.25, -0.2) is 18.2 Å². The second-order valence-electron chi connectivity index (χ2n) is 7.36. The number of amidine groups is 1. The molecule has 26 heavy (non-hydrogen) atoms. The zero-order chi connectivity index (χ0) is 19.2. The molecule has 0 heterocycles. The van der Waals surface area contributed by atoms with Crippen LogP contribution < -0.4 is 0 Å². The summed E-state index contributed by atoms with van der Waals surface area (Å²) in [4.78, 5) is 15.4. The molecule has 6 heteroatoms. The molecule has 1 aliphatic carbocycles. The third-order valence-corrected chi connectivity index (χ3v) is 4.74. The largest absolute Gasteiger partial charge is 0.291 e. The number of aliphatic imine (C=N–C) groups is 1. The summed E-state index contributed by atoms with van der Waals surface area (Å²) >= 11 is 0. The molecule has 0 radical (unpaired) electrons. The number of ketones is 1. The summed E-state index contributed by atoms with van der Waals surface area (Å²) in [5.74, 6) is -4.64. The van der Waals surface area contributed by atoms with Crippen molar-refractivity contribution in [3.05, 3.63) is 35.9 Å². The summed E-state index contributed by atoms with van der Waals surface area (Å²) in [7, 11) is 0. The summed E-state index contributed by atoms with van der Waals surface area (Å²) in [6, 6.07) is 8.91. The summed E-state index contributed by atoms with van der Waals surface area (Å²) in [5.41, 5.74) is -0.502. The molecule has 142 valence electrons. The molecular weight excluding hydrogens is 341 g/mol. The number of benzene rings is 1. The normalized spacial score (nSPS) is 23.9. The van der Waals surface area contributed by atoms with E-state index in [9.17, 15) is 18.0 Å². The molecule has 0 aliphatic heterocycles. The van der Waals surface area contributed by atoms with Crippen LogP contribution in [0.1, 0.15) is 51.0 Å². The molecule has 3 nitrogen and oxygen atoms in total. The van der Waals surface area contributed by atoms with Gasteiger partial charge < -0.3 is 0 Å². The van der Waals surface area contributed by atoms with E-state index >= 15 is 0 Å². The lowest BCUT2D eigenvalue weighted by Gasteiger charge is -2.31. The van der Waals surface area contributed by atoms with Crippen LogP contribution >= 0.6 is 0 Å². The Morgan fingerprint density at radius 1 is 1.38 bits per heavy atom. The van der Waals surface area contributed by atoms with Gasteiger partial charge in [-0.1, -0.05) is 30.3 Å². The van der Waals surface area contributed by atoms with Crippen LogP contribution in [-0.4, -0.2) is 29.4 Å². The highest BCUT2D eigenvalue weighted by Crippen LogP contribution is 2.36. The lowest BCUT2D eigenvalue weighted by Crippen LogP contribution is -2.29. The first-order chi connectivity index (χ1) is 12.2. The van der Waals surface area contributed by atoms with Crippen molar-refractivity contribution in [3.63, 3.8) is 0 Å². The second kappa shape index (κ2) is 8.60. The first-order valence-electron chi connectivity index (χ1n) is 8.94. The summed E-state index contributed by atoms with van der Waals surface area (Å²) in [6.45, 7) is 1.51. The summed E-state index contributed by atoms with van der Waals surface area (Å²) in [5, 5.41) is 7.61. The van der Waals surface area contributed by atoms with E-state index in [0.717, 1.165) is 12.0 Å². The second-order valence-corrected chi connectivity index (χ2v) is 7.36. The predicted octanol–water partition coefficient (Wildman–Crippen LogP) is 5.18. The van der Waals surface area contributed by atoms with Crippen LogP contribution in [0.2, 0.25) is 0 Å². The molecular formula is C20H25F3N2O. The predicted molar refractivity (Wildman–Crippen MR) is 97.0 cm³/mol. The minimum Gasteiger partial charge on any atom is -0.291 e. The highest BCUT2D eigenvalue weighted by molar-refractivity contribution is 6.39. The van der Waals surface area contributed by atoms with Gasteiger partial charge in [0, 0.05) is 12.8 Å². The topological polar surface area (TPSA) is 53.3 Å². The van der Waals surface area contributed by atoms with E-state index < -0.39 is 29.6 Å². The Bertz CT molecular complexity index is 656. The van der Waals surface area contributed by atoms with Crippen LogP contribution in [0.3, 0.4) is 0 Å². The lowest BCUT2D eigenvalue weighted by molar-refractivity contribution is -0.114. The van der Waals surface area contributed by atoms with Crippen molar-refractivity contribution in [1.82, 2.24) is 0 Å². The van der Waals surface area contributed by atoms with Crippen LogP contribution in [-0.2, 0) is 11.2 Å². The van der Waals surface area contributed by atoms with Gasteiger partial charge in [0.15, 0.2) is 11.6 Å². The van der Waals surface area contributed by atoms with Gasteiger partial charge in [0.05, 0.1) is 6.21 Å². The Hall–Kier alpha value is -1.98. The summed E-state index contributed by atoms with van der Waals surface area (Å²) in [6.07, 6.45) is 2.27. The average Bonchev–Trinajstić information content (AvgIpc) is 2.58. The van der Waals surface area contributed by atoms with Gasteiger partial charge in [0.2, 0.25) is 0 Å². The number of aryl methyl sites for hydroxylation is 1. The fourth-order valence-corrected chi connectivity index (χ4v) is 3.35. The van der Waals surface area contributed by atoms with Crippen LogP contribution in [0.5, 0.6) is 0 Å². The molecule has 2 unspecified atom stereocenters. The van der Waals surface area contributed by atoms with Gasteiger partial charge >= 0.3 is 0 Å². The quantitative estimate of drug-likeness (QED) is 0.525. The minimum absolute atomic E-state index is 0.00866. The fraction of sp³-hybridized carbons (Fsp3) is 0.550. The molecule has 0 saturated heterocycles. The van der Waals surface area contributed by atoms with Crippen LogP contribution in [0.15, 0.2) is 35.3 Å². The maximum Gasteiger partial charge on any atom is 0.283 e. The monoisotopic (exact) mass is 366 g/mol. The Labute approximate surface area is 152 Å². The molecule has 0 amide bonds. The van der Waals surface area contributed by atoms with Crippen LogP contribution in [0, 0.1) is 11.3 Å². The van der Waals surface area contributed by atoms with Crippen molar-refractivity contribution in [3.8, 4) is 0 Å². The van der Waals surface area contributed by atoms with Gasteiger partial charge in [-0.2, -0.15) is 0 Å². The van der Waals surface area contributed by atoms with E-state index in [-0.39, 0.29) is 25.2 Å². The number of carbonyl (C=O) groups excluding carboxylic acids is 1. The van der Waals surface area contributed by atoms with Crippen molar-refractivity contribution in [2.75, 3.05) is 0 Å². The van der Waals surface area contributed by atoms with Crippen molar-refractivity contribution in [1.29, 1.82) is 5.41 Å². The molecule has 2 atom stereocenters. The van der Waals surface area contributed by atoms with Crippen molar-refractivity contribution in [2.24, 2.45) is 10.9 Å². The highest BCUT2D eigenvalue weighted by Gasteiger charge is 2.33. The maximum absolute atomic E-state index is 14.0. The van der Waals surface area contributed by atoms with Gasteiger partial charge in [0.25, 0.3) is 5.92 Å². The van der Waals surface area contributed by atoms with E-state index in [0.29, 0.717) is 19.1 Å². The maximum atomic E-state index is 14.0. The van der Waals surface area contributed by atoms with E-state index in [4.69, 9.17) is 5.41 Å². The molecule has 1 N–H and O–H groups in total. The van der Waals surface area contributed by atoms with Gasteiger partial charge in [-0.15, -0.1) is 0 Å². The van der Waals surface area contributed by atoms with E-state index in [1.165, 1.54) is 6.92 Å². The molecule has 1 fully saturated rings. The van der Waals surface area contributed by atoms with Gasteiger partial charge in [-0.3, -0.25) is 10.2 Å². The highest BCUT2D eigenvalue weighted by atomic mass is 19.3. The number of halogens is 3. The number of nitrogens with zero attached hydrogens (tertiary/aromatic N) is 1. The molecule has 0 aromatic heterocycles. The van der Waals surface area contributed by atoms with Gasteiger partial charge in [-0.05, 0) is 50.5 Å². The molecule has 1 aromatic rings. The number of carbonyl (C=O) groups is 1.